The van der Waals surface area contributed by atoms with Crippen LogP contribution in [0.1, 0.15) is 71.9 Å². The van der Waals surface area contributed by atoms with Crippen LogP contribution in [-0.2, 0) is 33.3 Å². The van der Waals surface area contributed by atoms with Crippen molar-refractivity contribution in [2.24, 2.45) is 17.8 Å². The first-order valence-electron chi connectivity index (χ1n) is 16.0. The molecule has 0 aliphatic carbocycles. The van der Waals surface area contributed by atoms with Crippen LogP contribution < -0.4 is 0 Å². The molecule has 1 N–H and O–H groups in total. The molecule has 0 saturated carbocycles. The van der Waals surface area contributed by atoms with Crippen molar-refractivity contribution in [2.45, 2.75) is 116 Å². The zero-order chi connectivity index (χ0) is 32.5. The Morgan fingerprint density at radius 1 is 1.16 bits per heavy atom. The average molecular weight is 626 g/mol. The van der Waals surface area contributed by atoms with Gasteiger partial charge in [-0.15, -0.1) is 0 Å². The summed E-state index contributed by atoms with van der Waals surface area (Å²) < 4.78 is 34.7. The maximum atomic E-state index is 13.4. The first kappa shape index (κ1) is 33.3. The number of ether oxygens (including phenoxy) is 5. The number of allylic oxidation sites excluding steroid dienone is 4. The van der Waals surface area contributed by atoms with Crippen molar-refractivity contribution in [3.8, 4) is 0 Å². The fourth-order valence-corrected chi connectivity index (χ4v) is 6.64. The van der Waals surface area contributed by atoms with E-state index in [4.69, 9.17) is 28.1 Å². The van der Waals surface area contributed by atoms with E-state index in [1.54, 1.807) is 20.3 Å². The topological polar surface area (TPSA) is 133 Å². The number of aliphatic hydroxyl groups is 1. The van der Waals surface area contributed by atoms with Crippen molar-refractivity contribution in [3.63, 3.8) is 0 Å². The number of methoxy groups -OCH3 is 1. The van der Waals surface area contributed by atoms with Gasteiger partial charge in [0.2, 0.25) is 0 Å². The highest BCUT2D eigenvalue weighted by atomic mass is 16.6. The molecule has 0 radical (unpaired) electrons. The highest BCUT2D eigenvalue weighted by Crippen LogP contribution is 2.44. The van der Waals surface area contributed by atoms with Crippen molar-refractivity contribution in [3.05, 3.63) is 59.4 Å². The van der Waals surface area contributed by atoms with Crippen LogP contribution in [0.3, 0.4) is 0 Å². The molecular weight excluding hydrogens is 578 g/mol. The maximum Gasteiger partial charge on any atom is 0.338 e. The molecule has 0 amide bonds. The largest absolute Gasteiger partial charge is 0.462 e. The third-order valence-corrected chi connectivity index (χ3v) is 9.63. The number of carbonyl (C=O) groups excluding carboxylic acids is 2. The Morgan fingerprint density at radius 2 is 1.91 bits per heavy atom. The number of hydrogen-bond donors (Lipinski definition) is 1. The molecule has 5 heterocycles. The molecule has 0 unspecified atom stereocenters. The standard InChI is InChI=1S/C35H47NO9/c1-19(13-25-18-41-23(5)36-25)9-8-10-21(3)32(40-7)22(4)27-17-29(37)35(6)30(45-35)12-11-20(2)26-14-24(16-31(38)42-26)15-28-33(43-28)34(39)44-27/h8-13,18,20,22,24,26-30,32-33,37H,14-17H2,1-7H3/t20-,22-,24-,26+,27-,28-,29-,30+,32+,33+,35-/m1/s1. The number of fused-ring (bicyclic) bond motifs is 4. The van der Waals surface area contributed by atoms with Gasteiger partial charge in [0.1, 0.15) is 35.9 Å². The summed E-state index contributed by atoms with van der Waals surface area (Å²) in [6, 6.07) is 0. The van der Waals surface area contributed by atoms with E-state index in [2.05, 4.69) is 4.98 Å². The molecule has 11 atom stereocenters. The van der Waals surface area contributed by atoms with E-state index >= 15 is 0 Å². The Labute approximate surface area is 265 Å². The molecule has 4 aliphatic heterocycles. The van der Waals surface area contributed by atoms with Gasteiger partial charge < -0.3 is 33.2 Å². The predicted molar refractivity (Wildman–Crippen MR) is 166 cm³/mol. The fraction of sp³-hybridized carbons (Fsp3) is 0.629. The van der Waals surface area contributed by atoms with Gasteiger partial charge in [0.05, 0.1) is 18.3 Å². The van der Waals surface area contributed by atoms with Gasteiger partial charge in [0.15, 0.2) is 12.0 Å². The van der Waals surface area contributed by atoms with Crippen molar-refractivity contribution < 1.29 is 42.8 Å². The SMILES string of the molecule is CO[C@@H](C(C)=CC=CC(C)=Cc1coc(C)n1)[C@H](C)[C@H]1C[C@@H](O)[C@@]2(C)O[C@H]2C=C[C@@H](C)[C@@H]2C[C@@H](CC(=O)O2)C[C@H]2O[C@@H]2C(=O)O1. The summed E-state index contributed by atoms with van der Waals surface area (Å²) in [4.78, 5) is 30.1. The van der Waals surface area contributed by atoms with E-state index in [0.717, 1.165) is 16.8 Å². The van der Waals surface area contributed by atoms with Crippen LogP contribution >= 0.6 is 0 Å². The minimum Gasteiger partial charge on any atom is -0.462 e. The van der Waals surface area contributed by atoms with E-state index in [0.29, 0.717) is 25.2 Å². The highest BCUT2D eigenvalue weighted by Gasteiger charge is 2.57. The lowest BCUT2D eigenvalue weighted by molar-refractivity contribution is -0.159. The van der Waals surface area contributed by atoms with Crippen molar-refractivity contribution in [2.75, 3.05) is 7.11 Å². The Bertz CT molecular complexity index is 1360. The quantitative estimate of drug-likeness (QED) is 0.190. The van der Waals surface area contributed by atoms with Crippen LogP contribution in [0.4, 0.5) is 0 Å². The monoisotopic (exact) mass is 625 g/mol. The maximum absolute atomic E-state index is 13.4. The number of aromatic nitrogens is 1. The van der Waals surface area contributed by atoms with Gasteiger partial charge >= 0.3 is 11.9 Å². The zero-order valence-electron chi connectivity index (χ0n) is 27.3. The van der Waals surface area contributed by atoms with Crippen molar-refractivity contribution >= 4 is 18.0 Å². The van der Waals surface area contributed by atoms with Gasteiger partial charge in [-0.25, -0.2) is 9.78 Å². The van der Waals surface area contributed by atoms with E-state index in [1.807, 2.05) is 71.1 Å². The molecule has 1 aromatic heterocycles. The summed E-state index contributed by atoms with van der Waals surface area (Å²) in [6.45, 7) is 11.6. The molecule has 3 fully saturated rings. The number of cyclic esters (lactones) is 1. The van der Waals surface area contributed by atoms with Crippen LogP contribution in [0.15, 0.2) is 52.2 Å². The molecule has 2 bridgehead atoms. The number of esters is 2. The van der Waals surface area contributed by atoms with Gasteiger partial charge in [-0.2, -0.15) is 0 Å². The number of nitrogens with zero attached hydrogens (tertiary/aromatic N) is 1. The van der Waals surface area contributed by atoms with Crippen molar-refractivity contribution in [1.29, 1.82) is 0 Å². The number of epoxide rings is 2. The lowest BCUT2D eigenvalue weighted by Gasteiger charge is -2.33. The molecular formula is C35H47NO9. The molecule has 5 rings (SSSR count). The van der Waals surface area contributed by atoms with E-state index in [1.165, 1.54) is 0 Å². The summed E-state index contributed by atoms with van der Waals surface area (Å²) in [5, 5.41) is 11.4. The highest BCUT2D eigenvalue weighted by molar-refractivity contribution is 5.78. The van der Waals surface area contributed by atoms with E-state index in [9.17, 15) is 14.7 Å². The zero-order valence-corrected chi connectivity index (χ0v) is 27.3. The van der Waals surface area contributed by atoms with Crippen LogP contribution in [0.5, 0.6) is 0 Å². The number of rotatable bonds is 7. The molecule has 45 heavy (non-hydrogen) atoms. The Morgan fingerprint density at radius 3 is 2.62 bits per heavy atom. The molecule has 1 aromatic rings. The van der Waals surface area contributed by atoms with Gasteiger partial charge in [0, 0.05) is 38.7 Å². The van der Waals surface area contributed by atoms with E-state index < -0.39 is 36.0 Å². The second kappa shape index (κ2) is 13.7. The minimum absolute atomic E-state index is 0.0130. The first-order chi connectivity index (χ1) is 21.4. The van der Waals surface area contributed by atoms with Crippen LogP contribution in [-0.4, -0.2) is 77.5 Å². The molecule has 0 spiro atoms. The lowest BCUT2D eigenvalue weighted by Crippen LogP contribution is -2.42. The molecule has 4 aliphatic rings. The second-order valence-corrected chi connectivity index (χ2v) is 13.3. The molecule has 10 heteroatoms. The Hall–Kier alpha value is -3.05. The van der Waals surface area contributed by atoms with E-state index in [-0.39, 0.29) is 48.5 Å². The number of aliphatic hydroxyl groups excluding tert-OH is 1. The molecule has 10 nitrogen and oxygen atoms in total. The van der Waals surface area contributed by atoms with Crippen molar-refractivity contribution in [1.82, 2.24) is 4.98 Å². The second-order valence-electron chi connectivity index (χ2n) is 13.3. The third kappa shape index (κ3) is 8.03. The summed E-state index contributed by atoms with van der Waals surface area (Å²) in [5.41, 5.74) is 1.86. The molecule has 246 valence electrons. The number of hydrogen-bond acceptors (Lipinski definition) is 10. The average Bonchev–Trinajstić information content (AvgIpc) is 3.86. The summed E-state index contributed by atoms with van der Waals surface area (Å²) in [7, 11) is 1.63. The summed E-state index contributed by atoms with van der Waals surface area (Å²) >= 11 is 0. The Balaban J connectivity index is 1.33. The van der Waals surface area contributed by atoms with Gasteiger partial charge in [0.25, 0.3) is 0 Å². The van der Waals surface area contributed by atoms with Crippen LogP contribution in [0.2, 0.25) is 0 Å². The van der Waals surface area contributed by atoms with Crippen LogP contribution in [0, 0.1) is 24.7 Å². The first-order valence-corrected chi connectivity index (χ1v) is 16.0. The smallest absolute Gasteiger partial charge is 0.338 e. The fourth-order valence-electron chi connectivity index (χ4n) is 6.64. The number of aryl methyl sites for hydroxylation is 1. The van der Waals surface area contributed by atoms with Gasteiger partial charge in [-0.05, 0) is 56.8 Å². The summed E-state index contributed by atoms with van der Waals surface area (Å²) in [5.74, 6) is -0.316. The molecule has 0 aromatic carbocycles. The number of carbonyl (C=O) groups is 2. The van der Waals surface area contributed by atoms with Crippen LogP contribution in [0.25, 0.3) is 6.08 Å². The Kier molecular flexibility index (Phi) is 10.2. The van der Waals surface area contributed by atoms with Gasteiger partial charge in [-0.1, -0.05) is 44.2 Å². The lowest BCUT2D eigenvalue weighted by atomic mass is 9.84. The third-order valence-electron chi connectivity index (χ3n) is 9.63. The normalized spacial score (nSPS) is 37.3. The number of oxazole rings is 1. The minimum atomic E-state index is -0.905. The summed E-state index contributed by atoms with van der Waals surface area (Å²) in [6.07, 6.45) is 11.7. The predicted octanol–water partition coefficient (Wildman–Crippen LogP) is 5.05. The molecule has 3 saturated heterocycles. The van der Waals surface area contributed by atoms with Gasteiger partial charge in [-0.3, -0.25) is 4.79 Å².